The molecule has 2 aromatic rings. The van der Waals surface area contributed by atoms with Crippen molar-refractivity contribution in [1.82, 2.24) is 9.97 Å². The lowest BCUT2D eigenvalue weighted by Crippen LogP contribution is -2.16. The van der Waals surface area contributed by atoms with Crippen molar-refractivity contribution in [3.05, 3.63) is 46.8 Å². The smallest absolute Gasteiger partial charge is 0.228 e. The number of anilines is 2. The third-order valence-electron chi connectivity index (χ3n) is 4.97. The summed E-state index contributed by atoms with van der Waals surface area (Å²) >= 11 is 0. The number of rotatable bonds is 5. The van der Waals surface area contributed by atoms with Crippen molar-refractivity contribution in [2.45, 2.75) is 32.3 Å². The summed E-state index contributed by atoms with van der Waals surface area (Å²) in [5.41, 5.74) is 4.16. The highest BCUT2D eigenvalue weighted by atomic mass is 31.2. The second-order valence-electron chi connectivity index (χ2n) is 7.15. The van der Waals surface area contributed by atoms with Gasteiger partial charge in [0.25, 0.3) is 0 Å². The van der Waals surface area contributed by atoms with E-state index in [1.807, 2.05) is 38.1 Å². The number of benzene rings is 1. The molecule has 1 aromatic carbocycles. The van der Waals surface area contributed by atoms with Gasteiger partial charge in [-0.3, -0.25) is 9.36 Å². The average molecular weight is 386 g/mol. The molecule has 1 saturated heterocycles. The van der Waals surface area contributed by atoms with Gasteiger partial charge in [-0.15, -0.1) is 0 Å². The molecule has 2 aliphatic heterocycles. The first-order chi connectivity index (χ1) is 12.9. The number of hydrogen-bond acceptors (Lipinski definition) is 6. The molecule has 1 aromatic heterocycles. The van der Waals surface area contributed by atoms with Crippen molar-refractivity contribution in [2.75, 3.05) is 29.9 Å². The first-order valence-electron chi connectivity index (χ1n) is 9.15. The van der Waals surface area contributed by atoms with Crippen LogP contribution in [0.2, 0.25) is 0 Å². The van der Waals surface area contributed by atoms with Crippen LogP contribution < -0.4 is 10.6 Å². The van der Waals surface area contributed by atoms with E-state index >= 15 is 0 Å². The molecule has 27 heavy (non-hydrogen) atoms. The van der Waals surface area contributed by atoms with Crippen LogP contribution in [0.5, 0.6) is 0 Å². The second-order valence-corrected chi connectivity index (χ2v) is 9.93. The predicted octanol–water partition coefficient (Wildman–Crippen LogP) is 3.44. The van der Waals surface area contributed by atoms with Crippen LogP contribution in [0, 0.1) is 13.8 Å². The summed E-state index contributed by atoms with van der Waals surface area (Å²) in [5.74, 6) is 0.519. The molecule has 3 heterocycles. The largest absolute Gasteiger partial charge is 0.353 e. The molecule has 142 valence electrons. The van der Waals surface area contributed by atoms with Gasteiger partial charge >= 0.3 is 0 Å². The third-order valence-corrected chi connectivity index (χ3v) is 7.96. The van der Waals surface area contributed by atoms with Gasteiger partial charge in [0.2, 0.25) is 19.2 Å². The fraction of sp³-hybridized carbons (Fsp3) is 0.421. The maximum absolute atomic E-state index is 13.4. The summed E-state index contributed by atoms with van der Waals surface area (Å²) in [6.45, 7) is 4.78. The molecule has 2 aliphatic rings. The zero-order valence-electron chi connectivity index (χ0n) is 15.5. The van der Waals surface area contributed by atoms with E-state index in [2.05, 4.69) is 20.6 Å². The Morgan fingerprint density at radius 1 is 1.26 bits per heavy atom. The molecule has 0 aliphatic carbocycles. The highest BCUT2D eigenvalue weighted by Crippen LogP contribution is 2.63. The van der Waals surface area contributed by atoms with Crippen LogP contribution >= 0.6 is 7.37 Å². The summed E-state index contributed by atoms with van der Waals surface area (Å²) in [5, 5.41) is 6.08. The molecular formula is C19H23N4O3P. The number of amides is 1. The molecular weight excluding hydrogens is 363 g/mol. The first kappa shape index (κ1) is 18.1. The van der Waals surface area contributed by atoms with Crippen LogP contribution in [0.4, 0.5) is 11.6 Å². The van der Waals surface area contributed by atoms with Crippen LogP contribution in [0.25, 0.3) is 0 Å². The van der Waals surface area contributed by atoms with E-state index in [1.165, 1.54) is 0 Å². The molecule has 7 nitrogen and oxygen atoms in total. The lowest BCUT2D eigenvalue weighted by molar-refractivity contribution is -0.115. The number of carbonyl (C=O) groups is 1. The van der Waals surface area contributed by atoms with Crippen molar-refractivity contribution in [1.29, 1.82) is 0 Å². The maximum atomic E-state index is 13.4. The number of fused-ring (bicyclic) bond motifs is 1. The minimum atomic E-state index is -2.83. The van der Waals surface area contributed by atoms with E-state index in [4.69, 9.17) is 4.52 Å². The van der Waals surface area contributed by atoms with E-state index < -0.39 is 7.37 Å². The third kappa shape index (κ3) is 3.75. The maximum Gasteiger partial charge on any atom is 0.228 e. The van der Waals surface area contributed by atoms with Gasteiger partial charge in [0, 0.05) is 29.8 Å². The fourth-order valence-corrected chi connectivity index (χ4v) is 6.36. The number of nitrogens with zero attached hydrogens (tertiary/aromatic N) is 2. The molecule has 1 amide bonds. The Labute approximate surface area is 158 Å². The van der Waals surface area contributed by atoms with Crippen molar-refractivity contribution in [3.8, 4) is 0 Å². The second kappa shape index (κ2) is 7.06. The molecule has 2 atom stereocenters. The molecule has 0 saturated carbocycles. The molecule has 4 rings (SSSR count). The monoisotopic (exact) mass is 386 g/mol. The van der Waals surface area contributed by atoms with Gasteiger partial charge in [-0.05, 0) is 43.5 Å². The number of hydrogen-bond donors (Lipinski definition) is 2. The Hall–Kier alpha value is -2.24. The van der Waals surface area contributed by atoms with Crippen LogP contribution in [0.3, 0.4) is 0 Å². The van der Waals surface area contributed by atoms with Gasteiger partial charge in [0.15, 0.2) is 0 Å². The Morgan fingerprint density at radius 3 is 2.74 bits per heavy atom. The van der Waals surface area contributed by atoms with Crippen LogP contribution in [0.1, 0.15) is 34.6 Å². The average Bonchev–Trinajstić information content (AvgIpc) is 3.19. The first-order valence-corrected chi connectivity index (χ1v) is 11.0. The Morgan fingerprint density at radius 2 is 2.04 bits per heavy atom. The standard InChI is InChI=1S/C19H23N4O3P/c1-12-8-13(2)22-19(21-12)20-11-17(27(25)7-3-6-26-27)14-4-5-16-15(9-14)10-18(24)23-16/h4-5,8-9,17H,3,6-7,10-11H2,1-2H3,(H,23,24)(H,20,21,22). The van der Waals surface area contributed by atoms with E-state index in [-0.39, 0.29) is 11.6 Å². The number of nitrogens with one attached hydrogen (secondary N) is 2. The lowest BCUT2D eigenvalue weighted by atomic mass is 10.1. The number of aromatic nitrogens is 2. The number of carbonyl (C=O) groups excluding carboxylic acids is 1. The van der Waals surface area contributed by atoms with Crippen molar-refractivity contribution in [2.24, 2.45) is 0 Å². The van der Waals surface area contributed by atoms with E-state index in [0.717, 1.165) is 34.6 Å². The summed E-state index contributed by atoms with van der Waals surface area (Å²) in [6.07, 6.45) is 1.73. The predicted molar refractivity (Wildman–Crippen MR) is 105 cm³/mol. The lowest BCUT2D eigenvalue weighted by Gasteiger charge is -2.24. The van der Waals surface area contributed by atoms with E-state index in [0.29, 0.717) is 31.7 Å². The van der Waals surface area contributed by atoms with Crippen molar-refractivity contribution in [3.63, 3.8) is 0 Å². The quantitative estimate of drug-likeness (QED) is 0.765. The Bertz CT molecular complexity index is 916. The highest BCUT2D eigenvalue weighted by Gasteiger charge is 2.39. The highest BCUT2D eigenvalue weighted by molar-refractivity contribution is 7.59. The summed E-state index contributed by atoms with van der Waals surface area (Å²) in [7, 11) is -2.83. The summed E-state index contributed by atoms with van der Waals surface area (Å²) < 4.78 is 19.2. The molecule has 1 fully saturated rings. The zero-order valence-corrected chi connectivity index (χ0v) is 16.4. The molecule has 0 radical (unpaired) electrons. The van der Waals surface area contributed by atoms with Gasteiger partial charge in [-0.25, -0.2) is 9.97 Å². The van der Waals surface area contributed by atoms with Gasteiger partial charge in [-0.2, -0.15) is 0 Å². The zero-order chi connectivity index (χ0) is 19.0. The van der Waals surface area contributed by atoms with Gasteiger partial charge in [-0.1, -0.05) is 12.1 Å². The van der Waals surface area contributed by atoms with Crippen LogP contribution in [-0.4, -0.2) is 35.2 Å². The molecule has 2 N–H and O–H groups in total. The van der Waals surface area contributed by atoms with Crippen molar-refractivity contribution < 1.29 is 13.9 Å². The Balaban J connectivity index is 1.63. The summed E-state index contributed by atoms with van der Waals surface area (Å²) in [6, 6.07) is 7.71. The van der Waals surface area contributed by atoms with E-state index in [9.17, 15) is 9.36 Å². The topological polar surface area (TPSA) is 93.2 Å². The van der Waals surface area contributed by atoms with Crippen molar-refractivity contribution >= 4 is 24.9 Å². The van der Waals surface area contributed by atoms with Gasteiger partial charge in [0.1, 0.15) is 0 Å². The minimum absolute atomic E-state index is 0.00999. The normalized spacial score (nSPS) is 22.4. The molecule has 8 heteroatoms. The Kier molecular flexibility index (Phi) is 4.74. The van der Waals surface area contributed by atoms with Crippen LogP contribution in [-0.2, 0) is 20.3 Å². The molecule has 2 unspecified atom stereocenters. The minimum Gasteiger partial charge on any atom is -0.353 e. The fourth-order valence-electron chi connectivity index (χ4n) is 3.75. The number of aryl methyl sites for hydroxylation is 2. The van der Waals surface area contributed by atoms with Gasteiger partial charge in [0.05, 0.1) is 18.7 Å². The van der Waals surface area contributed by atoms with Gasteiger partial charge < -0.3 is 15.2 Å². The summed E-state index contributed by atoms with van der Waals surface area (Å²) in [4.78, 5) is 20.5. The van der Waals surface area contributed by atoms with E-state index in [1.54, 1.807) is 0 Å². The van der Waals surface area contributed by atoms with Crippen LogP contribution in [0.15, 0.2) is 24.3 Å². The molecule has 0 spiro atoms. The SMILES string of the molecule is Cc1cc(C)nc(NCC(c2ccc3c(c2)CC(=O)N3)P2(=O)CCCO2)n1. The molecule has 0 bridgehead atoms.